The van der Waals surface area contributed by atoms with E-state index in [-0.39, 0.29) is 24.1 Å². The first kappa shape index (κ1) is 53.3. The van der Waals surface area contributed by atoms with Crippen LogP contribution in [0.1, 0.15) is 129 Å². The lowest BCUT2D eigenvalue weighted by atomic mass is 9.87. The lowest BCUT2D eigenvalue weighted by Gasteiger charge is -2.32. The molecule has 1 aromatic heterocycles. The molecule has 0 saturated carbocycles. The van der Waals surface area contributed by atoms with Crippen molar-refractivity contribution in [3.63, 3.8) is 0 Å². The van der Waals surface area contributed by atoms with Crippen LogP contribution < -0.4 is 15.4 Å². The van der Waals surface area contributed by atoms with Crippen molar-refractivity contribution in [2.45, 2.75) is 119 Å². The van der Waals surface area contributed by atoms with E-state index >= 15 is 0 Å². The molecule has 0 saturated heterocycles. The SMILES string of the molecule is C=C1N(C)C=C(C(=O)Nc2cccc(-c3cccc(-c4cc5c(c(OC)n4)C(C)CC5)c3Cl)c2C(C)CC)C(=O)N1C.CC.CC.CCC(C)CCCCN(CCO)C(=O)NC. The van der Waals surface area contributed by atoms with Crippen molar-refractivity contribution in [2.75, 3.05) is 53.3 Å². The van der Waals surface area contributed by atoms with Crippen molar-refractivity contribution in [3.8, 4) is 28.3 Å². The second kappa shape index (κ2) is 26.6. The van der Waals surface area contributed by atoms with Gasteiger partial charge in [0.15, 0.2) is 0 Å². The third-order valence-corrected chi connectivity index (χ3v) is 11.9. The largest absolute Gasteiger partial charge is 0.481 e. The lowest BCUT2D eigenvalue weighted by molar-refractivity contribution is -0.128. The summed E-state index contributed by atoms with van der Waals surface area (Å²) in [5.74, 6) is 1.55. The number of rotatable bonds is 15. The Morgan fingerprint density at radius 2 is 1.66 bits per heavy atom. The highest BCUT2D eigenvalue weighted by Gasteiger charge is 2.31. The highest BCUT2D eigenvalue weighted by atomic mass is 35.5. The van der Waals surface area contributed by atoms with Gasteiger partial charge < -0.3 is 30.3 Å². The highest BCUT2D eigenvalue weighted by molar-refractivity contribution is 6.36. The first-order valence-electron chi connectivity index (χ1n) is 22.5. The molecular formula is C50H75ClN6O5. The number of aromatic nitrogens is 1. The number of unbranched alkanes of at least 4 members (excludes halogenated alkanes) is 1. The molecule has 342 valence electrons. The molecule has 0 spiro atoms. The Bertz CT molecular complexity index is 1980. The fourth-order valence-corrected chi connectivity index (χ4v) is 7.83. The van der Waals surface area contributed by atoms with Crippen LogP contribution in [0.2, 0.25) is 5.02 Å². The minimum absolute atomic E-state index is 0.0266. The maximum Gasteiger partial charge on any atom is 0.317 e. The Balaban J connectivity index is 0.000000558. The zero-order valence-electron chi connectivity index (χ0n) is 39.9. The standard InChI is InChI=1S/C34H37ClN4O3.C12H26N2O2.2C2H6/c1-8-19(2)30-23(11-10-14-27(30)36-32(40)26-18-38(5)21(4)39(6)34(26)41)24-12-9-13-25(31(24)35)28-17-22-16-15-20(3)29(22)33(37-28)42-7;1-4-11(2)7-5-6-8-14(9-10-15)12(16)13-3;2*1-2/h9-14,17-20H,4,8,15-16H2,1-3,5-7H3,(H,36,40);11,15H,4-10H2,1-3H3,(H,13,16);2*1-2H3. The number of aliphatic hydroxyl groups is 1. The Morgan fingerprint density at radius 1 is 1.02 bits per heavy atom. The summed E-state index contributed by atoms with van der Waals surface area (Å²) in [5, 5.41) is 15.0. The third kappa shape index (κ3) is 13.3. The summed E-state index contributed by atoms with van der Waals surface area (Å²) in [6.45, 7) is 24.0. The highest BCUT2D eigenvalue weighted by Crippen LogP contribution is 2.45. The number of hydrogen-bond acceptors (Lipinski definition) is 7. The maximum absolute atomic E-state index is 13.4. The number of nitrogens with one attached hydrogen (secondary N) is 2. The number of anilines is 1. The van der Waals surface area contributed by atoms with E-state index < -0.39 is 11.8 Å². The minimum atomic E-state index is -0.476. The molecule has 12 heteroatoms. The van der Waals surface area contributed by atoms with Gasteiger partial charge in [0.25, 0.3) is 11.8 Å². The van der Waals surface area contributed by atoms with Crippen molar-refractivity contribution < 1.29 is 24.2 Å². The van der Waals surface area contributed by atoms with E-state index in [1.165, 1.54) is 35.1 Å². The summed E-state index contributed by atoms with van der Waals surface area (Å²) >= 11 is 7.18. The summed E-state index contributed by atoms with van der Waals surface area (Å²) in [6.07, 6.45) is 9.01. The first-order chi connectivity index (χ1) is 29.7. The molecule has 3 atom stereocenters. The number of fused-ring (bicyclic) bond motifs is 1. The quantitative estimate of drug-likeness (QED) is 0.102. The van der Waals surface area contributed by atoms with Gasteiger partial charge in [0.2, 0.25) is 5.88 Å². The lowest BCUT2D eigenvalue weighted by Crippen LogP contribution is -2.41. The molecule has 2 aliphatic rings. The van der Waals surface area contributed by atoms with Crippen LogP contribution in [-0.2, 0) is 16.0 Å². The monoisotopic (exact) mass is 875 g/mol. The van der Waals surface area contributed by atoms with E-state index in [1.54, 1.807) is 38.1 Å². The zero-order valence-corrected chi connectivity index (χ0v) is 40.6. The number of pyridine rings is 1. The van der Waals surface area contributed by atoms with E-state index in [2.05, 4.69) is 57.9 Å². The minimum Gasteiger partial charge on any atom is -0.481 e. The molecule has 3 aromatic rings. The van der Waals surface area contributed by atoms with Crippen LogP contribution in [0.15, 0.2) is 66.6 Å². The fourth-order valence-electron chi connectivity index (χ4n) is 7.50. The van der Waals surface area contributed by atoms with Gasteiger partial charge in [0.1, 0.15) is 11.4 Å². The summed E-state index contributed by atoms with van der Waals surface area (Å²) in [4.78, 5) is 47.3. The molecule has 0 bridgehead atoms. The van der Waals surface area contributed by atoms with Gasteiger partial charge in [0.05, 0.1) is 24.4 Å². The molecule has 3 N–H and O–H groups in total. The van der Waals surface area contributed by atoms with Crippen molar-refractivity contribution >= 4 is 35.1 Å². The molecule has 0 fully saturated rings. The van der Waals surface area contributed by atoms with Crippen LogP contribution in [0.3, 0.4) is 0 Å². The van der Waals surface area contributed by atoms with Gasteiger partial charge in [-0.3, -0.25) is 14.5 Å². The van der Waals surface area contributed by atoms with Gasteiger partial charge >= 0.3 is 6.03 Å². The van der Waals surface area contributed by atoms with Gasteiger partial charge in [-0.15, -0.1) is 0 Å². The van der Waals surface area contributed by atoms with E-state index in [9.17, 15) is 14.4 Å². The van der Waals surface area contributed by atoms with Gasteiger partial charge in [-0.25, -0.2) is 9.78 Å². The molecule has 62 heavy (non-hydrogen) atoms. The van der Waals surface area contributed by atoms with Gasteiger partial charge in [-0.2, -0.15) is 0 Å². The number of nitrogens with zero attached hydrogens (tertiary/aromatic N) is 4. The number of ether oxygens (including phenoxy) is 1. The predicted molar refractivity (Wildman–Crippen MR) is 258 cm³/mol. The van der Waals surface area contributed by atoms with Crippen molar-refractivity contribution in [1.29, 1.82) is 0 Å². The van der Waals surface area contributed by atoms with E-state index in [1.807, 2.05) is 64.1 Å². The molecule has 5 rings (SSSR count). The number of carbonyl (C=O) groups is 3. The molecule has 2 aromatic carbocycles. The Hall–Kier alpha value is -4.87. The molecule has 2 heterocycles. The van der Waals surface area contributed by atoms with Crippen LogP contribution in [-0.4, -0.2) is 90.6 Å². The number of likely N-dealkylation sites (N-methyl/N-ethyl adjacent to an activating group) is 1. The average molecular weight is 876 g/mol. The topological polar surface area (TPSA) is 127 Å². The van der Waals surface area contributed by atoms with Crippen LogP contribution in [0, 0.1) is 5.92 Å². The smallest absolute Gasteiger partial charge is 0.317 e. The van der Waals surface area contributed by atoms with Crippen LogP contribution in [0.4, 0.5) is 10.5 Å². The van der Waals surface area contributed by atoms with Crippen LogP contribution in [0.25, 0.3) is 22.4 Å². The molecule has 11 nitrogen and oxygen atoms in total. The average Bonchev–Trinajstić information content (AvgIpc) is 3.68. The normalized spacial score (nSPS) is 15.0. The van der Waals surface area contributed by atoms with E-state index in [4.69, 9.17) is 26.4 Å². The Labute approximate surface area is 378 Å². The van der Waals surface area contributed by atoms with Gasteiger partial charge in [0, 0.05) is 62.8 Å². The number of benzene rings is 2. The Kier molecular flexibility index (Phi) is 22.8. The zero-order chi connectivity index (χ0) is 46.7. The summed E-state index contributed by atoms with van der Waals surface area (Å²) in [7, 11) is 6.64. The van der Waals surface area contributed by atoms with Crippen molar-refractivity contribution in [3.05, 3.63) is 88.4 Å². The summed E-state index contributed by atoms with van der Waals surface area (Å²) in [5.41, 5.74) is 7.44. The number of hydrogen-bond donors (Lipinski definition) is 3. The van der Waals surface area contributed by atoms with Gasteiger partial charge in [-0.05, 0) is 72.3 Å². The molecule has 4 amide bonds. The number of methoxy groups -OCH3 is 1. The fraction of sp³-hybridized carbons (Fsp3) is 0.520. The number of aryl methyl sites for hydroxylation is 1. The second-order valence-corrected chi connectivity index (χ2v) is 15.8. The summed E-state index contributed by atoms with van der Waals surface area (Å²) in [6, 6.07) is 13.8. The molecule has 1 aliphatic heterocycles. The van der Waals surface area contributed by atoms with Gasteiger partial charge in [-0.1, -0.05) is 130 Å². The summed E-state index contributed by atoms with van der Waals surface area (Å²) < 4.78 is 5.71. The number of amides is 4. The van der Waals surface area contributed by atoms with E-state index in [0.717, 1.165) is 72.5 Å². The van der Waals surface area contributed by atoms with Crippen molar-refractivity contribution in [1.82, 2.24) is 25.0 Å². The molecular weight excluding hydrogens is 800 g/mol. The molecule has 1 aliphatic carbocycles. The maximum atomic E-state index is 13.4. The molecule has 0 radical (unpaired) electrons. The van der Waals surface area contributed by atoms with Crippen LogP contribution in [0.5, 0.6) is 5.88 Å². The number of halogens is 1. The number of carbonyl (C=O) groups excluding carboxylic acids is 3. The van der Waals surface area contributed by atoms with Crippen LogP contribution >= 0.6 is 11.6 Å². The predicted octanol–water partition coefficient (Wildman–Crippen LogP) is 11.2. The van der Waals surface area contributed by atoms with Crippen molar-refractivity contribution in [2.24, 2.45) is 5.92 Å². The molecule has 3 unspecified atom stereocenters. The number of aliphatic hydroxyl groups excluding tert-OH is 1. The first-order valence-corrected chi connectivity index (χ1v) is 22.9. The number of urea groups is 1. The Morgan fingerprint density at radius 3 is 2.27 bits per heavy atom. The third-order valence-electron chi connectivity index (χ3n) is 11.5. The second-order valence-electron chi connectivity index (χ2n) is 15.4. The van der Waals surface area contributed by atoms with E-state index in [0.29, 0.717) is 34.9 Å².